The van der Waals surface area contributed by atoms with Gasteiger partial charge in [-0.2, -0.15) is 5.26 Å². The van der Waals surface area contributed by atoms with E-state index in [1.165, 1.54) is 0 Å². The van der Waals surface area contributed by atoms with Gasteiger partial charge in [-0.1, -0.05) is 60.2 Å². The number of hydrogen-bond donors (Lipinski definition) is 2. The topological polar surface area (TPSA) is 83.8 Å². The van der Waals surface area contributed by atoms with Gasteiger partial charge in [0.25, 0.3) is 0 Å². The van der Waals surface area contributed by atoms with Crippen molar-refractivity contribution in [2.45, 2.75) is 25.4 Å². The summed E-state index contributed by atoms with van der Waals surface area (Å²) in [4.78, 5) is 27.8. The maximum absolute atomic E-state index is 12.2. The molecule has 23 heavy (non-hydrogen) atoms. The zero-order chi connectivity index (χ0) is 16.8. The van der Waals surface area contributed by atoms with Crippen LogP contribution in [-0.4, -0.2) is 28.2 Å². The molecule has 5 heteroatoms. The maximum Gasteiger partial charge on any atom is 0.352 e. The summed E-state index contributed by atoms with van der Waals surface area (Å²) in [5.74, 6) is -2.42. The van der Waals surface area contributed by atoms with Gasteiger partial charge in [0.1, 0.15) is 5.92 Å². The number of rotatable bonds is 6. The summed E-state index contributed by atoms with van der Waals surface area (Å²) in [5, 5.41) is 19.0. The molecule has 0 saturated heterocycles. The lowest BCUT2D eigenvalue weighted by Gasteiger charge is -2.19. The van der Waals surface area contributed by atoms with Crippen molar-refractivity contribution in [2.24, 2.45) is 0 Å². The molecule has 0 aromatic heterocycles. The van der Waals surface area contributed by atoms with E-state index in [9.17, 15) is 14.7 Å². The van der Waals surface area contributed by atoms with Crippen LogP contribution < -0.4 is 0 Å². The van der Waals surface area contributed by atoms with Crippen LogP contribution in [0.25, 0.3) is 0 Å². The molecule has 5 nitrogen and oxygen atoms in total. The van der Waals surface area contributed by atoms with Crippen molar-refractivity contribution in [2.75, 3.05) is 0 Å². The minimum Gasteiger partial charge on any atom is -0.391 e. The predicted molar refractivity (Wildman–Crippen MR) is 84.0 cm³/mol. The third kappa shape index (κ3) is 4.25. The third-order valence-electron chi connectivity index (χ3n) is 3.66. The van der Waals surface area contributed by atoms with Crippen molar-refractivity contribution in [3.05, 3.63) is 71.3 Å². The Labute approximate surface area is 134 Å². The Morgan fingerprint density at radius 1 is 1.04 bits per heavy atom. The second kappa shape index (κ2) is 7.67. The number of Topliss-reactive ketones (excluding diaryl/α,β-unsaturated/α-hetero) is 1. The quantitative estimate of drug-likeness (QED) is 0.486. The van der Waals surface area contributed by atoms with E-state index >= 15 is 0 Å². The molecule has 2 N–H and O–H groups in total. The molecule has 0 aliphatic heterocycles. The fourth-order valence-corrected chi connectivity index (χ4v) is 2.40. The number of hydrogen-bond acceptors (Lipinski definition) is 5. The first-order valence-corrected chi connectivity index (χ1v) is 7.21. The fourth-order valence-electron chi connectivity index (χ4n) is 2.40. The third-order valence-corrected chi connectivity index (χ3v) is 3.66. The number of aryl methyl sites for hydroxylation is 1. The van der Waals surface area contributed by atoms with Crippen molar-refractivity contribution in [3.8, 4) is 0 Å². The molecular weight excluding hydrogens is 296 g/mol. The van der Waals surface area contributed by atoms with Crippen LogP contribution in [0.15, 0.2) is 54.6 Å². The SMILES string of the molecule is Cc1ccc(C(=O)CC(O)C(C(=O)OO)c2ccccc2)cc1. The summed E-state index contributed by atoms with van der Waals surface area (Å²) in [5.41, 5.74) is 1.95. The van der Waals surface area contributed by atoms with Crippen LogP contribution in [0.4, 0.5) is 0 Å². The van der Waals surface area contributed by atoms with Crippen molar-refractivity contribution in [1.29, 1.82) is 0 Å². The highest BCUT2D eigenvalue weighted by Crippen LogP contribution is 2.24. The van der Waals surface area contributed by atoms with Crippen LogP contribution >= 0.6 is 0 Å². The molecule has 0 amide bonds. The zero-order valence-electron chi connectivity index (χ0n) is 12.7. The van der Waals surface area contributed by atoms with Crippen LogP contribution in [-0.2, 0) is 9.68 Å². The first kappa shape index (κ1) is 16.9. The number of carbonyl (C=O) groups is 2. The van der Waals surface area contributed by atoms with E-state index in [4.69, 9.17) is 5.26 Å². The first-order valence-electron chi connectivity index (χ1n) is 7.21. The molecule has 0 radical (unpaired) electrons. The highest BCUT2D eigenvalue weighted by molar-refractivity contribution is 5.97. The normalized spacial score (nSPS) is 13.2. The van der Waals surface area contributed by atoms with Crippen LogP contribution in [0.2, 0.25) is 0 Å². The molecule has 2 unspecified atom stereocenters. The van der Waals surface area contributed by atoms with E-state index < -0.39 is 18.0 Å². The van der Waals surface area contributed by atoms with E-state index in [0.29, 0.717) is 11.1 Å². The Balaban J connectivity index is 2.17. The average Bonchev–Trinajstić information content (AvgIpc) is 2.56. The summed E-state index contributed by atoms with van der Waals surface area (Å²) in [6, 6.07) is 15.4. The van der Waals surface area contributed by atoms with Gasteiger partial charge in [-0.25, -0.2) is 4.79 Å². The lowest BCUT2D eigenvalue weighted by molar-refractivity contribution is -0.238. The molecule has 2 atom stereocenters. The molecule has 0 aliphatic carbocycles. The zero-order valence-corrected chi connectivity index (χ0v) is 12.7. The van der Waals surface area contributed by atoms with E-state index in [1.54, 1.807) is 54.6 Å². The van der Waals surface area contributed by atoms with Gasteiger partial charge < -0.3 is 9.99 Å². The molecule has 2 aromatic carbocycles. The van der Waals surface area contributed by atoms with Crippen molar-refractivity contribution < 1.29 is 24.8 Å². The number of carbonyl (C=O) groups excluding carboxylic acids is 2. The predicted octanol–water partition coefficient (Wildman–Crippen LogP) is 2.73. The average molecular weight is 314 g/mol. The Morgan fingerprint density at radius 3 is 2.22 bits per heavy atom. The second-order valence-corrected chi connectivity index (χ2v) is 5.36. The van der Waals surface area contributed by atoms with E-state index in [-0.39, 0.29) is 12.2 Å². The molecule has 120 valence electrons. The van der Waals surface area contributed by atoms with Crippen molar-refractivity contribution in [1.82, 2.24) is 0 Å². The molecule has 0 bridgehead atoms. The number of aliphatic hydroxyl groups is 1. The van der Waals surface area contributed by atoms with Gasteiger partial charge in [-0.05, 0) is 12.5 Å². The van der Waals surface area contributed by atoms with Crippen molar-refractivity contribution in [3.63, 3.8) is 0 Å². The standard InChI is InChI=1S/C18H18O5/c1-12-7-9-13(10-8-12)15(19)11-16(20)17(18(21)23-22)14-5-3-2-4-6-14/h2-10,16-17,20,22H,11H2,1H3. The van der Waals surface area contributed by atoms with E-state index in [2.05, 4.69) is 4.89 Å². The maximum atomic E-state index is 12.2. The summed E-state index contributed by atoms with van der Waals surface area (Å²) < 4.78 is 0. The van der Waals surface area contributed by atoms with Crippen molar-refractivity contribution >= 4 is 11.8 Å². The molecule has 0 fully saturated rings. The molecule has 0 saturated carbocycles. The van der Waals surface area contributed by atoms with Gasteiger partial charge in [0.2, 0.25) is 0 Å². The summed E-state index contributed by atoms with van der Waals surface area (Å²) in [6.07, 6.45) is -1.55. The lowest BCUT2D eigenvalue weighted by Crippen LogP contribution is -2.29. The number of aliphatic hydroxyl groups excluding tert-OH is 1. The monoisotopic (exact) mass is 314 g/mol. The van der Waals surface area contributed by atoms with Crippen LogP contribution in [0.3, 0.4) is 0 Å². The van der Waals surface area contributed by atoms with Crippen LogP contribution in [0, 0.1) is 6.92 Å². The van der Waals surface area contributed by atoms with Gasteiger partial charge in [0.15, 0.2) is 5.78 Å². The Hall–Kier alpha value is -2.50. The highest BCUT2D eigenvalue weighted by atomic mass is 17.1. The fraction of sp³-hybridized carbons (Fsp3) is 0.222. The Kier molecular flexibility index (Phi) is 5.62. The van der Waals surface area contributed by atoms with Gasteiger partial charge in [0, 0.05) is 12.0 Å². The largest absolute Gasteiger partial charge is 0.391 e. The minimum atomic E-state index is -1.30. The minimum absolute atomic E-state index is 0.252. The molecule has 0 heterocycles. The van der Waals surface area contributed by atoms with Gasteiger partial charge in [-0.3, -0.25) is 4.79 Å². The van der Waals surface area contributed by atoms with Crippen LogP contribution in [0.5, 0.6) is 0 Å². The Bertz CT molecular complexity index is 664. The van der Waals surface area contributed by atoms with Crippen LogP contribution in [0.1, 0.15) is 33.8 Å². The summed E-state index contributed by atoms with van der Waals surface area (Å²) >= 11 is 0. The van der Waals surface area contributed by atoms with Gasteiger partial charge in [0.05, 0.1) is 6.10 Å². The summed E-state index contributed by atoms with van der Waals surface area (Å²) in [6.45, 7) is 1.91. The summed E-state index contributed by atoms with van der Waals surface area (Å²) in [7, 11) is 0. The Morgan fingerprint density at radius 2 is 1.65 bits per heavy atom. The first-order chi connectivity index (χ1) is 11.0. The van der Waals surface area contributed by atoms with Gasteiger partial charge in [-0.15, -0.1) is 0 Å². The second-order valence-electron chi connectivity index (χ2n) is 5.36. The van der Waals surface area contributed by atoms with Gasteiger partial charge >= 0.3 is 5.97 Å². The smallest absolute Gasteiger partial charge is 0.352 e. The van der Waals surface area contributed by atoms with E-state index in [1.807, 2.05) is 6.92 Å². The molecular formula is C18H18O5. The molecule has 0 aliphatic rings. The molecule has 2 rings (SSSR count). The number of ketones is 1. The lowest BCUT2D eigenvalue weighted by atomic mass is 9.89. The molecule has 2 aromatic rings. The highest BCUT2D eigenvalue weighted by Gasteiger charge is 2.32. The van der Waals surface area contributed by atoms with E-state index in [0.717, 1.165) is 5.56 Å². The number of benzene rings is 2. The molecule has 0 spiro atoms.